The summed E-state index contributed by atoms with van der Waals surface area (Å²) in [5, 5.41) is 9.54. The fourth-order valence-corrected chi connectivity index (χ4v) is 1.41. The standard InChI is InChI=1S/C11H17NO2/c1-3-4-10(13)8-12-6-5-9(2)7-11(12)14/h5-7,10,13H,3-4,8H2,1-2H3. The van der Waals surface area contributed by atoms with Crippen LogP contribution < -0.4 is 5.56 Å². The lowest BCUT2D eigenvalue weighted by atomic mass is 10.2. The lowest BCUT2D eigenvalue weighted by Crippen LogP contribution is -2.25. The highest BCUT2D eigenvalue weighted by Crippen LogP contribution is 1.99. The van der Waals surface area contributed by atoms with Crippen LogP contribution in [0, 0.1) is 6.92 Å². The van der Waals surface area contributed by atoms with Gasteiger partial charge < -0.3 is 9.67 Å². The molecule has 0 aromatic carbocycles. The predicted octanol–water partition coefficient (Wildman–Crippen LogP) is 1.32. The van der Waals surface area contributed by atoms with Crippen molar-refractivity contribution < 1.29 is 5.11 Å². The zero-order valence-corrected chi connectivity index (χ0v) is 8.73. The van der Waals surface area contributed by atoms with Crippen LogP contribution in [0.2, 0.25) is 0 Å². The minimum atomic E-state index is -0.416. The summed E-state index contributed by atoms with van der Waals surface area (Å²) in [5.74, 6) is 0. The molecule has 1 aromatic heterocycles. The second kappa shape index (κ2) is 4.96. The second-order valence-corrected chi connectivity index (χ2v) is 3.64. The van der Waals surface area contributed by atoms with Crippen LogP contribution in [0.3, 0.4) is 0 Å². The van der Waals surface area contributed by atoms with Crippen molar-refractivity contribution in [2.75, 3.05) is 0 Å². The van der Waals surface area contributed by atoms with Crippen LogP contribution in [0.1, 0.15) is 25.3 Å². The molecule has 14 heavy (non-hydrogen) atoms. The number of rotatable bonds is 4. The first kappa shape index (κ1) is 11.0. The molecular formula is C11H17NO2. The first-order valence-electron chi connectivity index (χ1n) is 4.98. The number of aromatic nitrogens is 1. The molecular weight excluding hydrogens is 178 g/mol. The molecule has 0 saturated heterocycles. The van der Waals surface area contributed by atoms with Crippen molar-refractivity contribution in [3.63, 3.8) is 0 Å². The zero-order valence-electron chi connectivity index (χ0n) is 8.73. The van der Waals surface area contributed by atoms with E-state index in [1.54, 1.807) is 16.8 Å². The number of aliphatic hydroxyl groups is 1. The summed E-state index contributed by atoms with van der Waals surface area (Å²) in [5.41, 5.74) is 0.913. The van der Waals surface area contributed by atoms with Gasteiger partial charge in [-0.1, -0.05) is 13.3 Å². The molecule has 0 bridgehead atoms. The van der Waals surface area contributed by atoms with Gasteiger partial charge in [-0.3, -0.25) is 4.79 Å². The van der Waals surface area contributed by atoms with Gasteiger partial charge in [0.15, 0.2) is 0 Å². The number of pyridine rings is 1. The molecule has 1 rings (SSSR count). The fourth-order valence-electron chi connectivity index (χ4n) is 1.41. The highest BCUT2D eigenvalue weighted by molar-refractivity contribution is 5.08. The normalized spacial score (nSPS) is 12.8. The summed E-state index contributed by atoms with van der Waals surface area (Å²) in [6.45, 7) is 4.29. The molecule has 1 aromatic rings. The van der Waals surface area contributed by atoms with Gasteiger partial charge in [0.25, 0.3) is 5.56 Å². The number of aryl methyl sites for hydroxylation is 1. The molecule has 3 heteroatoms. The Morgan fingerprint density at radius 2 is 2.29 bits per heavy atom. The Balaban J connectivity index is 2.72. The molecule has 3 nitrogen and oxygen atoms in total. The number of hydrogen-bond donors (Lipinski definition) is 1. The third kappa shape index (κ3) is 3.00. The van der Waals surface area contributed by atoms with Gasteiger partial charge >= 0.3 is 0 Å². The van der Waals surface area contributed by atoms with Gasteiger partial charge in [-0.05, 0) is 25.0 Å². The van der Waals surface area contributed by atoms with Crippen molar-refractivity contribution in [2.45, 2.75) is 39.3 Å². The molecule has 78 valence electrons. The molecule has 1 N–H and O–H groups in total. The summed E-state index contributed by atoms with van der Waals surface area (Å²) in [6.07, 6.45) is 2.99. The number of aliphatic hydroxyl groups excluding tert-OH is 1. The van der Waals surface area contributed by atoms with Crippen molar-refractivity contribution in [1.29, 1.82) is 0 Å². The third-order valence-electron chi connectivity index (χ3n) is 2.18. The second-order valence-electron chi connectivity index (χ2n) is 3.64. The van der Waals surface area contributed by atoms with Gasteiger partial charge in [0.2, 0.25) is 0 Å². The highest BCUT2D eigenvalue weighted by Gasteiger charge is 2.04. The monoisotopic (exact) mass is 195 g/mol. The zero-order chi connectivity index (χ0) is 10.6. The van der Waals surface area contributed by atoms with Gasteiger partial charge in [-0.2, -0.15) is 0 Å². The van der Waals surface area contributed by atoms with Crippen LogP contribution >= 0.6 is 0 Å². The summed E-state index contributed by atoms with van der Waals surface area (Å²) < 4.78 is 1.55. The Labute approximate surface area is 84.0 Å². The number of nitrogens with zero attached hydrogens (tertiary/aromatic N) is 1. The SMILES string of the molecule is CCCC(O)Cn1ccc(C)cc1=O. The Bertz CT molecular complexity index is 343. The first-order valence-corrected chi connectivity index (χ1v) is 4.98. The molecule has 0 saturated carbocycles. The maximum absolute atomic E-state index is 11.4. The third-order valence-corrected chi connectivity index (χ3v) is 2.18. The molecule has 0 fully saturated rings. The van der Waals surface area contributed by atoms with Crippen LogP contribution in [-0.2, 0) is 6.54 Å². The van der Waals surface area contributed by atoms with E-state index in [4.69, 9.17) is 0 Å². The van der Waals surface area contributed by atoms with Crippen LogP contribution in [0.4, 0.5) is 0 Å². The van der Waals surface area contributed by atoms with E-state index < -0.39 is 6.10 Å². The summed E-state index contributed by atoms with van der Waals surface area (Å²) in [7, 11) is 0. The number of hydrogen-bond acceptors (Lipinski definition) is 2. The van der Waals surface area contributed by atoms with Crippen LogP contribution in [-0.4, -0.2) is 15.8 Å². The van der Waals surface area contributed by atoms with E-state index in [1.807, 2.05) is 19.9 Å². The smallest absolute Gasteiger partial charge is 0.250 e. The lowest BCUT2D eigenvalue weighted by molar-refractivity contribution is 0.142. The summed E-state index contributed by atoms with van der Waals surface area (Å²) in [6, 6.07) is 3.46. The molecule has 1 heterocycles. The molecule has 1 atom stereocenters. The van der Waals surface area contributed by atoms with Crippen molar-refractivity contribution >= 4 is 0 Å². The maximum Gasteiger partial charge on any atom is 0.250 e. The Morgan fingerprint density at radius 1 is 1.57 bits per heavy atom. The average molecular weight is 195 g/mol. The van der Waals surface area contributed by atoms with Crippen LogP contribution in [0.25, 0.3) is 0 Å². The van der Waals surface area contributed by atoms with E-state index in [2.05, 4.69) is 0 Å². The highest BCUT2D eigenvalue weighted by atomic mass is 16.3. The Morgan fingerprint density at radius 3 is 2.86 bits per heavy atom. The maximum atomic E-state index is 11.4. The van der Waals surface area contributed by atoms with Gasteiger partial charge in [-0.15, -0.1) is 0 Å². The Kier molecular flexibility index (Phi) is 3.89. The van der Waals surface area contributed by atoms with E-state index in [-0.39, 0.29) is 5.56 Å². The summed E-state index contributed by atoms with van der Waals surface area (Å²) >= 11 is 0. The van der Waals surface area contributed by atoms with E-state index in [0.29, 0.717) is 6.54 Å². The average Bonchev–Trinajstić information content (AvgIpc) is 2.10. The molecule has 1 unspecified atom stereocenters. The molecule has 0 amide bonds. The van der Waals surface area contributed by atoms with Gasteiger partial charge in [0.1, 0.15) is 0 Å². The van der Waals surface area contributed by atoms with E-state index in [1.165, 1.54) is 0 Å². The molecule has 0 aliphatic carbocycles. The van der Waals surface area contributed by atoms with Gasteiger partial charge in [0, 0.05) is 12.3 Å². The van der Waals surface area contributed by atoms with Gasteiger partial charge in [0.05, 0.1) is 12.6 Å². The fraction of sp³-hybridized carbons (Fsp3) is 0.545. The van der Waals surface area contributed by atoms with E-state index in [0.717, 1.165) is 18.4 Å². The minimum Gasteiger partial charge on any atom is -0.391 e. The van der Waals surface area contributed by atoms with Crippen LogP contribution in [0.15, 0.2) is 23.1 Å². The van der Waals surface area contributed by atoms with Crippen molar-refractivity contribution in [2.24, 2.45) is 0 Å². The predicted molar refractivity (Wildman–Crippen MR) is 56.4 cm³/mol. The topological polar surface area (TPSA) is 42.2 Å². The van der Waals surface area contributed by atoms with Gasteiger partial charge in [-0.25, -0.2) is 0 Å². The molecule has 0 aliphatic rings. The Hall–Kier alpha value is -1.09. The van der Waals surface area contributed by atoms with Crippen LogP contribution in [0.5, 0.6) is 0 Å². The minimum absolute atomic E-state index is 0.0415. The van der Waals surface area contributed by atoms with Crippen molar-refractivity contribution in [3.8, 4) is 0 Å². The lowest BCUT2D eigenvalue weighted by Gasteiger charge is -2.11. The first-order chi connectivity index (χ1) is 6.63. The van der Waals surface area contributed by atoms with Crippen molar-refractivity contribution in [1.82, 2.24) is 4.57 Å². The summed E-state index contributed by atoms with van der Waals surface area (Å²) in [4.78, 5) is 11.4. The van der Waals surface area contributed by atoms with Crippen molar-refractivity contribution in [3.05, 3.63) is 34.2 Å². The van der Waals surface area contributed by atoms with E-state index in [9.17, 15) is 9.90 Å². The quantitative estimate of drug-likeness (QED) is 0.787. The molecule has 0 spiro atoms. The van der Waals surface area contributed by atoms with E-state index >= 15 is 0 Å². The molecule has 0 radical (unpaired) electrons. The molecule has 0 aliphatic heterocycles. The largest absolute Gasteiger partial charge is 0.391 e.